The normalized spacial score (nSPS) is 18.1. The largest absolute Gasteiger partial charge is 0.490 e. The van der Waals surface area contributed by atoms with Gasteiger partial charge in [0, 0.05) is 32.7 Å². The molecule has 4 nitrogen and oxygen atoms in total. The van der Waals surface area contributed by atoms with E-state index < -0.39 is 0 Å². The summed E-state index contributed by atoms with van der Waals surface area (Å²) in [6, 6.07) is 7.98. The van der Waals surface area contributed by atoms with Crippen molar-refractivity contribution in [3.8, 4) is 11.5 Å². The molecule has 0 bridgehead atoms. The molecule has 0 unspecified atom stereocenters. The number of piperazine rings is 1. The maximum absolute atomic E-state index is 5.93. The molecule has 0 spiro atoms. The molecule has 1 atom stereocenters. The molecule has 0 N–H and O–H groups in total. The molecule has 1 aliphatic rings. The summed E-state index contributed by atoms with van der Waals surface area (Å²) in [5.74, 6) is 1.72. The number of para-hydroxylation sites is 2. The number of likely N-dealkylation sites (N-methyl/N-ethyl adjacent to an activating group) is 1. The Morgan fingerprint density at radius 1 is 1.09 bits per heavy atom. The maximum atomic E-state index is 5.93. The number of benzene rings is 1. The van der Waals surface area contributed by atoms with Gasteiger partial charge in [-0.25, -0.2) is 0 Å². The first kappa shape index (κ1) is 17.1. The Labute approximate surface area is 135 Å². The van der Waals surface area contributed by atoms with Crippen molar-refractivity contribution >= 4 is 0 Å². The standard InChI is InChI=1S/C18H30N2O2/c1-4-16(2)22-18-9-6-5-8-17(18)21-15-7-10-20-13-11-19(3)12-14-20/h5-6,8-9,16H,4,7,10-15H2,1-3H3/t16-/m1/s1. The van der Waals surface area contributed by atoms with Gasteiger partial charge in [0.05, 0.1) is 12.7 Å². The number of ether oxygens (including phenoxy) is 2. The van der Waals surface area contributed by atoms with Crippen LogP contribution >= 0.6 is 0 Å². The molecule has 0 saturated carbocycles. The van der Waals surface area contributed by atoms with E-state index in [0.29, 0.717) is 0 Å². The molecule has 0 radical (unpaired) electrons. The van der Waals surface area contributed by atoms with Crippen LogP contribution in [0.5, 0.6) is 11.5 Å². The Morgan fingerprint density at radius 3 is 2.45 bits per heavy atom. The van der Waals surface area contributed by atoms with Crippen LogP contribution in [0.15, 0.2) is 24.3 Å². The van der Waals surface area contributed by atoms with Crippen molar-refractivity contribution in [1.82, 2.24) is 9.80 Å². The topological polar surface area (TPSA) is 24.9 Å². The predicted molar refractivity (Wildman–Crippen MR) is 90.9 cm³/mol. The lowest BCUT2D eigenvalue weighted by atomic mass is 10.3. The first-order chi connectivity index (χ1) is 10.7. The highest BCUT2D eigenvalue weighted by Gasteiger charge is 2.13. The van der Waals surface area contributed by atoms with Crippen molar-refractivity contribution in [1.29, 1.82) is 0 Å². The Hall–Kier alpha value is -1.26. The van der Waals surface area contributed by atoms with Gasteiger partial charge in [-0.2, -0.15) is 0 Å². The molecule has 0 aliphatic carbocycles. The molecule has 1 fully saturated rings. The average Bonchev–Trinajstić information content (AvgIpc) is 2.54. The van der Waals surface area contributed by atoms with Gasteiger partial charge in [-0.1, -0.05) is 19.1 Å². The Morgan fingerprint density at radius 2 is 1.77 bits per heavy atom. The minimum atomic E-state index is 0.218. The van der Waals surface area contributed by atoms with Crippen molar-refractivity contribution in [3.63, 3.8) is 0 Å². The fourth-order valence-electron chi connectivity index (χ4n) is 2.51. The van der Waals surface area contributed by atoms with Crippen molar-refractivity contribution in [2.45, 2.75) is 32.8 Å². The molecule has 1 aromatic carbocycles. The molecule has 22 heavy (non-hydrogen) atoms. The van der Waals surface area contributed by atoms with Crippen LogP contribution in [0.2, 0.25) is 0 Å². The lowest BCUT2D eigenvalue weighted by molar-refractivity contribution is 0.144. The van der Waals surface area contributed by atoms with Crippen molar-refractivity contribution in [2.75, 3.05) is 46.4 Å². The summed E-state index contributed by atoms with van der Waals surface area (Å²) in [6.45, 7) is 10.8. The van der Waals surface area contributed by atoms with Gasteiger partial charge >= 0.3 is 0 Å². The van der Waals surface area contributed by atoms with Crippen LogP contribution in [0.25, 0.3) is 0 Å². The molecule has 1 saturated heterocycles. The lowest BCUT2D eigenvalue weighted by Crippen LogP contribution is -2.44. The number of hydrogen-bond acceptors (Lipinski definition) is 4. The predicted octanol–water partition coefficient (Wildman–Crippen LogP) is 2.88. The average molecular weight is 306 g/mol. The van der Waals surface area contributed by atoms with Crippen LogP contribution in [0.1, 0.15) is 26.7 Å². The zero-order chi connectivity index (χ0) is 15.8. The third kappa shape index (κ3) is 5.50. The number of nitrogens with zero attached hydrogens (tertiary/aromatic N) is 2. The monoisotopic (exact) mass is 306 g/mol. The summed E-state index contributed by atoms with van der Waals surface area (Å²) in [5.41, 5.74) is 0. The van der Waals surface area contributed by atoms with E-state index in [-0.39, 0.29) is 6.10 Å². The molecule has 0 aromatic heterocycles. The van der Waals surface area contributed by atoms with Gasteiger partial charge in [0.15, 0.2) is 11.5 Å². The smallest absolute Gasteiger partial charge is 0.161 e. The van der Waals surface area contributed by atoms with Crippen LogP contribution in [-0.4, -0.2) is 62.3 Å². The third-order valence-electron chi connectivity index (χ3n) is 4.22. The molecule has 0 amide bonds. The van der Waals surface area contributed by atoms with Gasteiger partial charge < -0.3 is 19.3 Å². The second-order valence-corrected chi connectivity index (χ2v) is 6.13. The van der Waals surface area contributed by atoms with E-state index >= 15 is 0 Å². The zero-order valence-corrected chi connectivity index (χ0v) is 14.3. The fourth-order valence-corrected chi connectivity index (χ4v) is 2.51. The molecule has 4 heteroatoms. The van der Waals surface area contributed by atoms with E-state index in [1.807, 2.05) is 24.3 Å². The SMILES string of the molecule is CC[C@@H](C)Oc1ccccc1OCCCN1CCN(C)CC1. The van der Waals surface area contributed by atoms with Gasteiger partial charge in [-0.15, -0.1) is 0 Å². The fraction of sp³-hybridized carbons (Fsp3) is 0.667. The van der Waals surface area contributed by atoms with Crippen LogP contribution in [-0.2, 0) is 0 Å². The van der Waals surface area contributed by atoms with E-state index in [4.69, 9.17) is 9.47 Å². The molecular weight excluding hydrogens is 276 g/mol. The first-order valence-corrected chi connectivity index (χ1v) is 8.48. The number of hydrogen-bond donors (Lipinski definition) is 0. The third-order valence-corrected chi connectivity index (χ3v) is 4.22. The maximum Gasteiger partial charge on any atom is 0.161 e. The second kappa shape index (κ2) is 9.01. The van der Waals surface area contributed by atoms with E-state index in [1.165, 1.54) is 26.2 Å². The Balaban J connectivity index is 1.72. The molecule has 1 aliphatic heterocycles. The summed E-state index contributed by atoms with van der Waals surface area (Å²) in [4.78, 5) is 4.90. The number of rotatable bonds is 8. The molecule has 124 valence electrons. The van der Waals surface area contributed by atoms with Crippen molar-refractivity contribution < 1.29 is 9.47 Å². The lowest BCUT2D eigenvalue weighted by Gasteiger charge is -2.32. The van der Waals surface area contributed by atoms with E-state index in [2.05, 4.69) is 30.7 Å². The van der Waals surface area contributed by atoms with Gasteiger partial charge in [-0.3, -0.25) is 0 Å². The summed E-state index contributed by atoms with van der Waals surface area (Å²) in [7, 11) is 2.19. The molecule has 1 aromatic rings. The summed E-state index contributed by atoms with van der Waals surface area (Å²) >= 11 is 0. The first-order valence-electron chi connectivity index (χ1n) is 8.48. The van der Waals surface area contributed by atoms with Crippen LogP contribution in [0.4, 0.5) is 0 Å². The van der Waals surface area contributed by atoms with E-state index in [0.717, 1.165) is 37.5 Å². The van der Waals surface area contributed by atoms with Crippen LogP contribution in [0.3, 0.4) is 0 Å². The Bertz CT molecular complexity index is 431. The summed E-state index contributed by atoms with van der Waals surface area (Å²) < 4.78 is 11.8. The van der Waals surface area contributed by atoms with Gasteiger partial charge in [0.2, 0.25) is 0 Å². The highest BCUT2D eigenvalue weighted by molar-refractivity contribution is 5.39. The van der Waals surface area contributed by atoms with Crippen molar-refractivity contribution in [3.05, 3.63) is 24.3 Å². The van der Waals surface area contributed by atoms with Gasteiger partial charge in [0.25, 0.3) is 0 Å². The molecule has 2 rings (SSSR count). The zero-order valence-electron chi connectivity index (χ0n) is 14.3. The highest BCUT2D eigenvalue weighted by Crippen LogP contribution is 2.27. The van der Waals surface area contributed by atoms with E-state index in [1.54, 1.807) is 0 Å². The minimum Gasteiger partial charge on any atom is -0.490 e. The Kier molecular flexibility index (Phi) is 7.00. The minimum absolute atomic E-state index is 0.218. The summed E-state index contributed by atoms with van der Waals surface area (Å²) in [5, 5.41) is 0. The van der Waals surface area contributed by atoms with Crippen molar-refractivity contribution in [2.24, 2.45) is 0 Å². The quantitative estimate of drug-likeness (QED) is 0.690. The van der Waals surface area contributed by atoms with Crippen LogP contribution in [0, 0.1) is 0 Å². The highest BCUT2D eigenvalue weighted by atomic mass is 16.5. The molecular formula is C18H30N2O2. The summed E-state index contributed by atoms with van der Waals surface area (Å²) in [6.07, 6.45) is 2.27. The van der Waals surface area contributed by atoms with Gasteiger partial charge in [-0.05, 0) is 38.9 Å². The van der Waals surface area contributed by atoms with Gasteiger partial charge in [0.1, 0.15) is 0 Å². The molecule has 1 heterocycles. The van der Waals surface area contributed by atoms with Crippen LogP contribution < -0.4 is 9.47 Å². The second-order valence-electron chi connectivity index (χ2n) is 6.13. The van der Waals surface area contributed by atoms with E-state index in [9.17, 15) is 0 Å².